The van der Waals surface area contributed by atoms with Crippen molar-refractivity contribution in [2.24, 2.45) is 0 Å². The van der Waals surface area contributed by atoms with E-state index in [9.17, 15) is 8.42 Å². The van der Waals surface area contributed by atoms with Gasteiger partial charge in [-0.15, -0.1) is 8.42 Å². The molecule has 1 aliphatic rings. The van der Waals surface area contributed by atoms with Crippen LogP contribution in [0.25, 0.3) is 0 Å². The van der Waals surface area contributed by atoms with Gasteiger partial charge in [0.25, 0.3) is 0 Å². The predicted molar refractivity (Wildman–Crippen MR) is 52.0 cm³/mol. The Hall–Kier alpha value is -1.83. The quantitative estimate of drug-likeness (QED) is 0.648. The van der Waals surface area contributed by atoms with Crippen LogP contribution in [-0.4, -0.2) is 15.5 Å². The molecule has 1 aromatic rings. The summed E-state index contributed by atoms with van der Waals surface area (Å²) >= 11 is 0. The average molecular weight is 232 g/mol. The zero-order valence-electron chi connectivity index (χ0n) is 7.68. The minimum atomic E-state index is -4.09. The Bertz CT molecular complexity index is 525. The molecule has 0 spiro atoms. The molecule has 8 heteroatoms. The Morgan fingerprint density at radius 2 is 1.87 bits per heavy atom. The van der Waals surface area contributed by atoms with Gasteiger partial charge in [-0.1, -0.05) is 0 Å². The first kappa shape index (κ1) is 9.71. The summed E-state index contributed by atoms with van der Waals surface area (Å²) in [5.41, 5.74) is 11.2. The normalized spacial score (nSPS) is 16.3. The first-order valence-electron chi connectivity index (χ1n) is 3.84. The van der Waals surface area contributed by atoms with Gasteiger partial charge < -0.3 is 24.6 Å². The molecular formula is C7H8N2O5S. The number of fused-ring (bicyclic) bond motifs is 1. The molecule has 4 N–H and O–H groups in total. The zero-order chi connectivity index (χ0) is 11.2. The lowest BCUT2D eigenvalue weighted by atomic mass is 10.2. The van der Waals surface area contributed by atoms with Crippen molar-refractivity contribution in [1.29, 1.82) is 0 Å². The highest BCUT2D eigenvalue weighted by molar-refractivity contribution is 7.82. The van der Waals surface area contributed by atoms with Gasteiger partial charge in [0.05, 0.1) is 12.8 Å². The second-order valence-electron chi connectivity index (χ2n) is 2.81. The van der Waals surface area contributed by atoms with Crippen LogP contribution in [0.2, 0.25) is 0 Å². The van der Waals surface area contributed by atoms with Gasteiger partial charge in [-0.3, -0.25) is 0 Å². The van der Waals surface area contributed by atoms with Gasteiger partial charge in [0.2, 0.25) is 11.5 Å². The Balaban J connectivity index is 2.69. The summed E-state index contributed by atoms with van der Waals surface area (Å²) in [7, 11) is -2.71. The van der Waals surface area contributed by atoms with Gasteiger partial charge in [0.15, 0.2) is 0 Å². The lowest BCUT2D eigenvalue weighted by Gasteiger charge is -2.07. The van der Waals surface area contributed by atoms with E-state index in [1.54, 1.807) is 0 Å². The van der Waals surface area contributed by atoms with Gasteiger partial charge in [-0.05, 0) is 0 Å². The van der Waals surface area contributed by atoms with Crippen LogP contribution in [0, 0.1) is 0 Å². The molecule has 0 saturated carbocycles. The van der Waals surface area contributed by atoms with Gasteiger partial charge in [-0.2, -0.15) is 0 Å². The molecule has 0 bridgehead atoms. The van der Waals surface area contributed by atoms with E-state index in [2.05, 4.69) is 8.37 Å². The van der Waals surface area contributed by atoms with Crippen molar-refractivity contribution in [3.8, 4) is 17.2 Å². The third-order valence-corrected chi connectivity index (χ3v) is 2.60. The number of rotatable bonds is 1. The van der Waals surface area contributed by atoms with Crippen LogP contribution in [0.1, 0.15) is 0 Å². The van der Waals surface area contributed by atoms with Crippen LogP contribution < -0.4 is 24.6 Å². The van der Waals surface area contributed by atoms with Crippen molar-refractivity contribution in [3.05, 3.63) is 6.07 Å². The summed E-state index contributed by atoms with van der Waals surface area (Å²) in [6, 6.07) is 1.36. The van der Waals surface area contributed by atoms with E-state index in [1.807, 2.05) is 0 Å². The fourth-order valence-corrected chi connectivity index (χ4v) is 1.99. The van der Waals surface area contributed by atoms with Crippen LogP contribution in [0.15, 0.2) is 6.07 Å². The number of hydrogen-bond acceptors (Lipinski definition) is 7. The molecule has 0 aliphatic carbocycles. The van der Waals surface area contributed by atoms with Crippen molar-refractivity contribution in [3.63, 3.8) is 0 Å². The second kappa shape index (κ2) is 2.83. The van der Waals surface area contributed by atoms with E-state index in [1.165, 1.54) is 13.2 Å². The van der Waals surface area contributed by atoms with E-state index in [4.69, 9.17) is 16.2 Å². The summed E-state index contributed by atoms with van der Waals surface area (Å²) in [6.45, 7) is 0. The molecule has 1 aliphatic heterocycles. The highest BCUT2D eigenvalue weighted by atomic mass is 32.3. The standard InChI is InChI=1S/C7H8N2O5S/c1-12-4-2-3(8)6-7(5(4)9)14-15(10,11)13-6/h2H,8-9H2,1H3. The SMILES string of the molecule is COc1cc(N)c2c(c1N)OS(=O)(=O)O2. The molecule has 82 valence electrons. The largest absolute Gasteiger partial charge is 0.501 e. The lowest BCUT2D eigenvalue weighted by molar-refractivity contribution is 0.415. The lowest BCUT2D eigenvalue weighted by Crippen LogP contribution is -2.08. The van der Waals surface area contributed by atoms with Crippen LogP contribution in [0.3, 0.4) is 0 Å². The molecule has 0 unspecified atom stereocenters. The monoisotopic (exact) mass is 232 g/mol. The smallest absolute Gasteiger partial charge is 0.494 e. The summed E-state index contributed by atoms with van der Waals surface area (Å²) in [5.74, 6) is -0.00731. The van der Waals surface area contributed by atoms with E-state index in [0.717, 1.165) is 0 Å². The maximum absolute atomic E-state index is 11.0. The highest BCUT2D eigenvalue weighted by Gasteiger charge is 2.34. The molecule has 0 aromatic heterocycles. The molecule has 0 amide bonds. The number of hydrogen-bond donors (Lipinski definition) is 2. The average Bonchev–Trinajstić information content (AvgIpc) is 2.48. The first-order valence-corrected chi connectivity index (χ1v) is 5.18. The molecule has 2 rings (SSSR count). The number of methoxy groups -OCH3 is 1. The number of ether oxygens (including phenoxy) is 1. The predicted octanol–water partition coefficient (Wildman–Crippen LogP) is -0.124. The van der Waals surface area contributed by atoms with Gasteiger partial charge in [0.1, 0.15) is 11.4 Å². The molecule has 1 aromatic carbocycles. The Morgan fingerprint density at radius 3 is 2.47 bits per heavy atom. The van der Waals surface area contributed by atoms with Crippen molar-refractivity contribution in [1.82, 2.24) is 0 Å². The third-order valence-electron chi connectivity index (χ3n) is 1.86. The van der Waals surface area contributed by atoms with Crippen LogP contribution in [-0.2, 0) is 10.4 Å². The van der Waals surface area contributed by atoms with Crippen LogP contribution in [0.4, 0.5) is 11.4 Å². The minimum Gasteiger partial charge on any atom is -0.494 e. The van der Waals surface area contributed by atoms with E-state index < -0.39 is 10.4 Å². The van der Waals surface area contributed by atoms with Gasteiger partial charge >= 0.3 is 10.4 Å². The minimum absolute atomic E-state index is 0.0303. The molecule has 1 heterocycles. The van der Waals surface area contributed by atoms with E-state index in [0.29, 0.717) is 0 Å². The molecule has 7 nitrogen and oxygen atoms in total. The van der Waals surface area contributed by atoms with Crippen molar-refractivity contribution >= 4 is 21.8 Å². The molecule has 0 saturated heterocycles. The number of nitrogen functional groups attached to an aromatic ring is 2. The molecule has 0 radical (unpaired) electrons. The maximum atomic E-state index is 11.0. The molecule has 15 heavy (non-hydrogen) atoms. The summed E-state index contributed by atoms with van der Waals surface area (Å²) in [6.07, 6.45) is 0. The Labute approximate surface area is 85.9 Å². The van der Waals surface area contributed by atoms with Crippen LogP contribution >= 0.6 is 0 Å². The van der Waals surface area contributed by atoms with Gasteiger partial charge in [0, 0.05) is 6.07 Å². The summed E-state index contributed by atoms with van der Waals surface area (Å²) in [4.78, 5) is 0. The van der Waals surface area contributed by atoms with Crippen LogP contribution in [0.5, 0.6) is 17.2 Å². The summed E-state index contributed by atoms with van der Waals surface area (Å²) < 4.78 is 35.9. The van der Waals surface area contributed by atoms with E-state index >= 15 is 0 Å². The first-order chi connectivity index (χ1) is 6.94. The molecular weight excluding hydrogens is 224 g/mol. The number of anilines is 2. The third kappa shape index (κ3) is 1.38. The fourth-order valence-electron chi connectivity index (χ4n) is 1.21. The van der Waals surface area contributed by atoms with Crippen molar-refractivity contribution in [2.45, 2.75) is 0 Å². The van der Waals surface area contributed by atoms with Gasteiger partial charge in [-0.25, -0.2) is 0 Å². The number of nitrogens with two attached hydrogens (primary N) is 2. The second-order valence-corrected chi connectivity index (χ2v) is 3.96. The topological polar surface area (TPSA) is 114 Å². The number of benzene rings is 1. The fraction of sp³-hybridized carbons (Fsp3) is 0.143. The highest BCUT2D eigenvalue weighted by Crippen LogP contribution is 2.49. The maximum Gasteiger partial charge on any atom is 0.501 e. The zero-order valence-corrected chi connectivity index (χ0v) is 8.50. The van der Waals surface area contributed by atoms with Crippen molar-refractivity contribution in [2.75, 3.05) is 18.6 Å². The summed E-state index contributed by atoms with van der Waals surface area (Å²) in [5, 5.41) is 0. The molecule has 0 fully saturated rings. The van der Waals surface area contributed by atoms with Crippen molar-refractivity contribution < 1.29 is 21.5 Å². The van der Waals surface area contributed by atoms with E-state index in [-0.39, 0.29) is 28.6 Å². The molecule has 0 atom stereocenters. The Kier molecular flexibility index (Phi) is 1.83. The Morgan fingerprint density at radius 1 is 1.27 bits per heavy atom.